The normalized spacial score (nSPS) is 20.6. The number of aryl methyl sites for hydroxylation is 2. The van der Waals surface area contributed by atoms with Crippen LogP contribution >= 0.6 is 0 Å². The molecule has 2 atom stereocenters. The zero-order valence-electron chi connectivity index (χ0n) is 13.5. The molecule has 3 N–H and O–H groups in total. The number of imidazole rings is 1. The van der Waals surface area contributed by atoms with Crippen LogP contribution in [-0.4, -0.2) is 19.5 Å². The van der Waals surface area contributed by atoms with E-state index in [-0.39, 0.29) is 0 Å². The highest BCUT2D eigenvalue weighted by Crippen LogP contribution is 2.54. The molecule has 2 aromatic heterocycles. The number of anilines is 1. The fourth-order valence-electron chi connectivity index (χ4n) is 3.05. The van der Waals surface area contributed by atoms with Crippen molar-refractivity contribution in [2.75, 3.05) is 5.43 Å². The predicted molar refractivity (Wildman–Crippen MR) is 87.3 cm³/mol. The molecule has 22 heavy (non-hydrogen) atoms. The topological polar surface area (TPSA) is 81.7 Å². The molecule has 0 unspecified atom stereocenters. The third-order valence-corrected chi connectivity index (χ3v) is 4.19. The van der Waals surface area contributed by atoms with Crippen molar-refractivity contribution in [2.24, 2.45) is 12.9 Å². The maximum absolute atomic E-state index is 5.47. The first-order valence-electron chi connectivity index (χ1n) is 7.53. The summed E-state index contributed by atoms with van der Waals surface area (Å²) in [5, 5.41) is 0. The molecule has 1 aliphatic rings. The summed E-state index contributed by atoms with van der Waals surface area (Å²) in [6.45, 7) is 5.97. The van der Waals surface area contributed by atoms with Crippen molar-refractivity contribution in [2.45, 2.75) is 39.0 Å². The number of aromatic nitrogens is 4. The first-order chi connectivity index (χ1) is 10.5. The van der Waals surface area contributed by atoms with E-state index < -0.39 is 0 Å². The van der Waals surface area contributed by atoms with E-state index in [9.17, 15) is 0 Å². The lowest BCUT2D eigenvalue weighted by Gasteiger charge is -2.06. The Morgan fingerprint density at radius 3 is 2.73 bits per heavy atom. The number of nitrogens with one attached hydrogen (secondary N) is 1. The van der Waals surface area contributed by atoms with Crippen LogP contribution in [0, 0.1) is 13.8 Å². The molecule has 0 bridgehead atoms. The minimum absolute atomic E-state index is 0.396. The summed E-state index contributed by atoms with van der Waals surface area (Å²) in [6, 6.07) is 1.93. The van der Waals surface area contributed by atoms with Crippen LogP contribution in [0.15, 0.2) is 12.1 Å². The third kappa shape index (κ3) is 2.50. The van der Waals surface area contributed by atoms with Gasteiger partial charge in [0, 0.05) is 24.9 Å². The zero-order valence-corrected chi connectivity index (χ0v) is 13.5. The van der Waals surface area contributed by atoms with Crippen LogP contribution in [0.2, 0.25) is 0 Å². The van der Waals surface area contributed by atoms with Crippen molar-refractivity contribution < 1.29 is 0 Å². The molecule has 0 radical (unpaired) electrons. The summed E-state index contributed by atoms with van der Waals surface area (Å²) in [6.07, 6.45) is 5.22. The summed E-state index contributed by atoms with van der Waals surface area (Å²) in [5.74, 6) is 8.82. The van der Waals surface area contributed by atoms with Gasteiger partial charge in [0.15, 0.2) is 0 Å². The van der Waals surface area contributed by atoms with Gasteiger partial charge in [0.25, 0.3) is 0 Å². The van der Waals surface area contributed by atoms with Gasteiger partial charge in [0.1, 0.15) is 17.5 Å². The highest BCUT2D eigenvalue weighted by molar-refractivity contribution is 5.49. The van der Waals surface area contributed by atoms with Crippen LogP contribution < -0.4 is 11.3 Å². The quantitative estimate of drug-likeness (QED) is 0.669. The van der Waals surface area contributed by atoms with E-state index in [1.54, 1.807) is 0 Å². The van der Waals surface area contributed by atoms with E-state index in [4.69, 9.17) is 10.8 Å². The predicted octanol–water partition coefficient (Wildman–Crippen LogP) is 2.42. The largest absolute Gasteiger partial charge is 0.331 e. The van der Waals surface area contributed by atoms with Crippen molar-refractivity contribution in [1.29, 1.82) is 0 Å². The van der Waals surface area contributed by atoms with Gasteiger partial charge in [-0.15, -0.1) is 0 Å². The lowest BCUT2D eigenvalue weighted by atomic mass is 10.2. The van der Waals surface area contributed by atoms with Crippen molar-refractivity contribution in [1.82, 2.24) is 19.5 Å². The van der Waals surface area contributed by atoms with Gasteiger partial charge in [0.2, 0.25) is 0 Å². The van der Waals surface area contributed by atoms with Crippen LogP contribution in [0.3, 0.4) is 0 Å². The Kier molecular flexibility index (Phi) is 3.70. The van der Waals surface area contributed by atoms with Gasteiger partial charge >= 0.3 is 0 Å². The Hall–Kier alpha value is -2.21. The number of nitrogens with two attached hydrogens (primary N) is 1. The number of rotatable bonds is 4. The number of nitrogen functional groups attached to an aromatic ring is 1. The molecule has 1 fully saturated rings. The van der Waals surface area contributed by atoms with Crippen LogP contribution in [0.5, 0.6) is 0 Å². The Morgan fingerprint density at radius 2 is 2.05 bits per heavy atom. The van der Waals surface area contributed by atoms with E-state index in [1.165, 1.54) is 5.69 Å². The number of hydrazine groups is 1. The molecule has 0 spiro atoms. The molecule has 0 aliphatic heterocycles. The lowest BCUT2D eigenvalue weighted by Crippen LogP contribution is -2.10. The molecule has 0 aromatic carbocycles. The highest BCUT2D eigenvalue weighted by atomic mass is 15.3. The average molecular weight is 298 g/mol. The van der Waals surface area contributed by atoms with Crippen LogP contribution in [0.1, 0.15) is 53.9 Å². The Morgan fingerprint density at radius 1 is 1.27 bits per heavy atom. The second-order valence-corrected chi connectivity index (χ2v) is 5.82. The first-order valence-corrected chi connectivity index (χ1v) is 7.53. The summed E-state index contributed by atoms with van der Waals surface area (Å²) < 4.78 is 2.19. The fraction of sp³-hybridized carbons (Fsp3) is 0.438. The zero-order chi connectivity index (χ0) is 15.9. The second-order valence-electron chi connectivity index (χ2n) is 5.82. The molecule has 6 heteroatoms. The number of nitrogens with zero attached hydrogens (tertiary/aromatic N) is 4. The summed E-state index contributed by atoms with van der Waals surface area (Å²) >= 11 is 0. The van der Waals surface area contributed by atoms with Gasteiger partial charge in [0.05, 0.1) is 17.1 Å². The molecule has 116 valence electrons. The molecule has 2 aromatic rings. The molecule has 2 heterocycles. The second kappa shape index (κ2) is 5.53. The fourth-order valence-corrected chi connectivity index (χ4v) is 3.05. The number of allylic oxidation sites excluding steroid dienone is 1. The third-order valence-electron chi connectivity index (χ3n) is 4.19. The van der Waals surface area contributed by atoms with E-state index in [0.29, 0.717) is 17.7 Å². The Bertz CT molecular complexity index is 730. The van der Waals surface area contributed by atoms with Gasteiger partial charge in [-0.2, -0.15) is 0 Å². The van der Waals surface area contributed by atoms with Crippen LogP contribution in [-0.2, 0) is 7.05 Å². The van der Waals surface area contributed by atoms with Crippen molar-refractivity contribution in [3.05, 3.63) is 40.9 Å². The molecule has 1 saturated carbocycles. The number of hydrogen-bond acceptors (Lipinski definition) is 5. The Labute approximate surface area is 130 Å². The van der Waals surface area contributed by atoms with E-state index in [1.807, 2.05) is 26.0 Å². The Balaban J connectivity index is 1.89. The van der Waals surface area contributed by atoms with Crippen molar-refractivity contribution >= 4 is 11.9 Å². The maximum atomic E-state index is 5.47. The minimum Gasteiger partial charge on any atom is -0.331 e. The molecule has 3 rings (SSSR count). The summed E-state index contributed by atoms with van der Waals surface area (Å²) in [4.78, 5) is 13.6. The minimum atomic E-state index is 0.396. The summed E-state index contributed by atoms with van der Waals surface area (Å²) in [7, 11) is 2.08. The van der Waals surface area contributed by atoms with E-state index in [2.05, 4.69) is 40.0 Å². The summed E-state index contributed by atoms with van der Waals surface area (Å²) in [5.41, 5.74) is 5.89. The average Bonchev–Trinajstić information content (AvgIpc) is 3.24. The maximum Gasteiger partial charge on any atom is 0.143 e. The molecule has 1 aliphatic carbocycles. The molecular formula is C16H22N6. The van der Waals surface area contributed by atoms with Crippen LogP contribution in [0.25, 0.3) is 6.08 Å². The van der Waals surface area contributed by atoms with E-state index in [0.717, 1.165) is 29.5 Å². The molecular weight excluding hydrogens is 276 g/mol. The van der Waals surface area contributed by atoms with Gasteiger partial charge in [-0.25, -0.2) is 20.8 Å². The van der Waals surface area contributed by atoms with E-state index >= 15 is 0 Å². The first kappa shape index (κ1) is 14.7. The van der Waals surface area contributed by atoms with Gasteiger partial charge in [-0.3, -0.25) is 0 Å². The van der Waals surface area contributed by atoms with Gasteiger partial charge < -0.3 is 9.99 Å². The number of hydrogen-bond donors (Lipinski definition) is 2. The SMILES string of the molecule is C/C=C\c1c(C)nc([C@@H]2C[C@H]2c2cc(NN)nc(C)n2)n1C. The highest BCUT2D eigenvalue weighted by Gasteiger charge is 2.44. The smallest absolute Gasteiger partial charge is 0.143 e. The van der Waals surface area contributed by atoms with Crippen LogP contribution in [0.4, 0.5) is 5.82 Å². The lowest BCUT2D eigenvalue weighted by molar-refractivity contribution is 0.774. The molecule has 0 saturated heterocycles. The van der Waals surface area contributed by atoms with Crippen molar-refractivity contribution in [3.63, 3.8) is 0 Å². The standard InChI is InChI=1S/C16H22N6/c1-5-6-14-9(2)18-16(22(14)4)12-7-11(12)13-8-15(21-17)20-10(3)19-13/h5-6,8,11-12H,7,17H2,1-4H3,(H,19,20,21)/b6-5-/t11-,12-/m1/s1. The monoisotopic (exact) mass is 298 g/mol. The molecule has 0 amide bonds. The molecule has 6 nitrogen and oxygen atoms in total. The van der Waals surface area contributed by atoms with Gasteiger partial charge in [-0.05, 0) is 33.3 Å². The van der Waals surface area contributed by atoms with Gasteiger partial charge in [-0.1, -0.05) is 6.08 Å². The van der Waals surface area contributed by atoms with Crippen molar-refractivity contribution in [3.8, 4) is 0 Å².